The van der Waals surface area contributed by atoms with Crippen LogP contribution < -0.4 is 5.73 Å². The predicted octanol–water partition coefficient (Wildman–Crippen LogP) is 1.38. The molecular weight excluding hydrogens is 172 g/mol. The lowest BCUT2D eigenvalue weighted by Crippen LogP contribution is -2.47. The predicted molar refractivity (Wildman–Crippen MR) is 53.7 cm³/mol. The molecule has 72 valence electrons. The second-order valence-corrected chi connectivity index (χ2v) is 4.35. The molecule has 0 amide bonds. The van der Waals surface area contributed by atoms with Crippen LogP contribution in [0, 0.1) is 0 Å². The zero-order valence-corrected chi connectivity index (χ0v) is 8.57. The smallest absolute Gasteiger partial charge is 0.0183 e. The monoisotopic (exact) mass is 190 g/mol. The summed E-state index contributed by atoms with van der Waals surface area (Å²) in [5, 5.41) is 0. The van der Waals surface area contributed by atoms with Gasteiger partial charge in [-0.3, -0.25) is 4.90 Å². The van der Waals surface area contributed by atoms with E-state index in [0.717, 1.165) is 6.54 Å². The molecule has 1 saturated carbocycles. The van der Waals surface area contributed by atoms with Crippen LogP contribution in [0.25, 0.3) is 0 Å². The van der Waals surface area contributed by atoms with E-state index in [2.05, 4.69) is 11.8 Å². The van der Waals surface area contributed by atoms with Crippen LogP contribution in [0.5, 0.6) is 0 Å². The van der Waals surface area contributed by atoms with Crippen molar-refractivity contribution in [1.82, 2.24) is 4.90 Å². The molecule has 0 spiro atoms. The summed E-state index contributed by atoms with van der Waals surface area (Å²) < 4.78 is 0. The van der Waals surface area contributed by atoms with Crippen molar-refractivity contribution < 1.29 is 0 Å². The zero-order chi connectivity index (χ0) is 7.90. The van der Waals surface area contributed by atoms with Gasteiger partial charge in [-0.15, -0.1) is 12.4 Å². The van der Waals surface area contributed by atoms with E-state index in [9.17, 15) is 0 Å². The van der Waals surface area contributed by atoms with Crippen LogP contribution >= 0.6 is 12.4 Å². The minimum atomic E-state index is 0. The molecule has 1 atom stereocenters. The fourth-order valence-corrected chi connectivity index (χ4v) is 2.00. The van der Waals surface area contributed by atoms with Crippen LogP contribution in [0.3, 0.4) is 0 Å². The highest BCUT2D eigenvalue weighted by atomic mass is 35.5. The molecule has 2 nitrogen and oxygen atoms in total. The largest absolute Gasteiger partial charge is 0.327 e. The number of hydrogen-bond acceptors (Lipinski definition) is 2. The fourth-order valence-electron chi connectivity index (χ4n) is 2.00. The SMILES string of the molecule is CC1(N2CCCC(N)C2)CC1.Cl. The molecule has 1 aliphatic carbocycles. The lowest BCUT2D eigenvalue weighted by atomic mass is 10.0. The van der Waals surface area contributed by atoms with Crippen molar-refractivity contribution in [1.29, 1.82) is 0 Å². The third-order valence-electron chi connectivity index (χ3n) is 3.19. The third kappa shape index (κ3) is 1.93. The van der Waals surface area contributed by atoms with Gasteiger partial charge in [0.05, 0.1) is 0 Å². The summed E-state index contributed by atoms with van der Waals surface area (Å²) in [6.45, 7) is 4.78. The summed E-state index contributed by atoms with van der Waals surface area (Å²) in [7, 11) is 0. The number of hydrogen-bond donors (Lipinski definition) is 1. The Balaban J connectivity index is 0.000000720. The second-order valence-electron chi connectivity index (χ2n) is 4.35. The van der Waals surface area contributed by atoms with Crippen LogP contribution in [-0.4, -0.2) is 29.6 Å². The van der Waals surface area contributed by atoms with Gasteiger partial charge in [0.1, 0.15) is 0 Å². The quantitative estimate of drug-likeness (QED) is 0.677. The van der Waals surface area contributed by atoms with Crippen molar-refractivity contribution in [3.63, 3.8) is 0 Å². The second kappa shape index (κ2) is 3.52. The van der Waals surface area contributed by atoms with E-state index < -0.39 is 0 Å². The highest BCUT2D eigenvalue weighted by Crippen LogP contribution is 2.41. The van der Waals surface area contributed by atoms with E-state index in [1.165, 1.54) is 32.2 Å². The number of halogens is 1. The molecule has 1 saturated heterocycles. The molecular formula is C9H19ClN2. The van der Waals surface area contributed by atoms with Gasteiger partial charge >= 0.3 is 0 Å². The standard InChI is InChI=1S/C9H18N2.ClH/c1-9(4-5-9)11-6-2-3-8(10)7-11;/h8H,2-7,10H2,1H3;1H. The summed E-state index contributed by atoms with van der Waals surface area (Å²) in [6.07, 6.45) is 5.31. The molecule has 1 heterocycles. The average Bonchev–Trinajstić information content (AvgIpc) is 2.70. The Labute approximate surface area is 80.9 Å². The van der Waals surface area contributed by atoms with Gasteiger partial charge in [-0.25, -0.2) is 0 Å². The first-order valence-electron chi connectivity index (χ1n) is 4.71. The first-order chi connectivity index (χ1) is 5.21. The normalized spacial score (nSPS) is 34.0. The molecule has 12 heavy (non-hydrogen) atoms. The van der Waals surface area contributed by atoms with Crippen molar-refractivity contribution in [2.45, 2.75) is 44.2 Å². The fraction of sp³-hybridized carbons (Fsp3) is 1.00. The Hall–Kier alpha value is 0.210. The van der Waals surface area contributed by atoms with E-state index in [-0.39, 0.29) is 12.4 Å². The number of likely N-dealkylation sites (tertiary alicyclic amines) is 1. The molecule has 2 aliphatic rings. The highest BCUT2D eigenvalue weighted by Gasteiger charge is 2.43. The minimum absolute atomic E-state index is 0. The van der Waals surface area contributed by atoms with E-state index in [4.69, 9.17) is 5.73 Å². The summed E-state index contributed by atoms with van der Waals surface area (Å²) in [4.78, 5) is 2.58. The number of rotatable bonds is 1. The lowest BCUT2D eigenvalue weighted by Gasteiger charge is -2.35. The molecule has 2 N–H and O–H groups in total. The van der Waals surface area contributed by atoms with Crippen LogP contribution in [-0.2, 0) is 0 Å². The Kier molecular flexibility index (Phi) is 3.02. The maximum atomic E-state index is 5.91. The van der Waals surface area contributed by atoms with Gasteiger partial charge in [0.2, 0.25) is 0 Å². The molecule has 0 bridgehead atoms. The first-order valence-corrected chi connectivity index (χ1v) is 4.71. The molecule has 2 rings (SSSR count). The molecule has 1 aliphatic heterocycles. The molecule has 0 aromatic rings. The Morgan fingerprint density at radius 1 is 1.42 bits per heavy atom. The maximum absolute atomic E-state index is 5.91. The van der Waals surface area contributed by atoms with Crippen LogP contribution in [0.4, 0.5) is 0 Å². The summed E-state index contributed by atoms with van der Waals surface area (Å²) in [6, 6.07) is 0.446. The van der Waals surface area contributed by atoms with Gasteiger partial charge in [-0.1, -0.05) is 0 Å². The van der Waals surface area contributed by atoms with Crippen molar-refractivity contribution in [3.8, 4) is 0 Å². The first kappa shape index (κ1) is 10.3. The van der Waals surface area contributed by atoms with Gasteiger partial charge in [-0.05, 0) is 39.2 Å². The topological polar surface area (TPSA) is 29.3 Å². The lowest BCUT2D eigenvalue weighted by molar-refractivity contribution is 0.144. The van der Waals surface area contributed by atoms with E-state index in [1.807, 2.05) is 0 Å². The van der Waals surface area contributed by atoms with Crippen molar-refractivity contribution in [3.05, 3.63) is 0 Å². The van der Waals surface area contributed by atoms with Crippen molar-refractivity contribution in [2.24, 2.45) is 5.73 Å². The Bertz CT molecular complexity index is 157. The number of nitrogens with zero attached hydrogens (tertiary/aromatic N) is 1. The number of nitrogens with two attached hydrogens (primary N) is 1. The van der Waals surface area contributed by atoms with Crippen LogP contribution in [0.15, 0.2) is 0 Å². The van der Waals surface area contributed by atoms with Crippen LogP contribution in [0.1, 0.15) is 32.6 Å². The average molecular weight is 191 g/mol. The number of piperidine rings is 1. The highest BCUT2D eigenvalue weighted by molar-refractivity contribution is 5.85. The van der Waals surface area contributed by atoms with Gasteiger partial charge in [-0.2, -0.15) is 0 Å². The Morgan fingerprint density at radius 3 is 2.58 bits per heavy atom. The molecule has 0 radical (unpaired) electrons. The molecule has 1 unspecified atom stereocenters. The van der Waals surface area contributed by atoms with Gasteiger partial charge < -0.3 is 5.73 Å². The van der Waals surface area contributed by atoms with E-state index in [0.29, 0.717) is 11.6 Å². The van der Waals surface area contributed by atoms with E-state index >= 15 is 0 Å². The zero-order valence-electron chi connectivity index (χ0n) is 7.75. The van der Waals surface area contributed by atoms with Crippen molar-refractivity contribution in [2.75, 3.05) is 13.1 Å². The summed E-state index contributed by atoms with van der Waals surface area (Å²) >= 11 is 0. The van der Waals surface area contributed by atoms with Gasteiger partial charge in [0, 0.05) is 18.1 Å². The summed E-state index contributed by atoms with van der Waals surface area (Å²) in [5.41, 5.74) is 6.46. The van der Waals surface area contributed by atoms with Gasteiger partial charge in [0.25, 0.3) is 0 Å². The molecule has 0 aromatic carbocycles. The minimum Gasteiger partial charge on any atom is -0.327 e. The molecule has 0 aromatic heterocycles. The molecule has 3 heteroatoms. The maximum Gasteiger partial charge on any atom is 0.0183 e. The van der Waals surface area contributed by atoms with E-state index in [1.54, 1.807) is 0 Å². The van der Waals surface area contributed by atoms with Crippen LogP contribution in [0.2, 0.25) is 0 Å². The Morgan fingerprint density at radius 2 is 2.08 bits per heavy atom. The van der Waals surface area contributed by atoms with Crippen molar-refractivity contribution >= 4 is 12.4 Å². The molecule has 2 fully saturated rings. The summed E-state index contributed by atoms with van der Waals surface area (Å²) in [5.74, 6) is 0. The van der Waals surface area contributed by atoms with Gasteiger partial charge in [0.15, 0.2) is 0 Å². The third-order valence-corrected chi connectivity index (χ3v) is 3.19.